The number of nitro groups is 1. The van der Waals surface area contributed by atoms with Gasteiger partial charge in [0.2, 0.25) is 0 Å². The quantitative estimate of drug-likeness (QED) is 0.490. The first-order valence-electron chi connectivity index (χ1n) is 4.44. The number of aliphatic hydroxyl groups excluding tert-OH is 1. The molecule has 0 aliphatic heterocycles. The van der Waals surface area contributed by atoms with Crippen molar-refractivity contribution < 1.29 is 10.0 Å². The number of halogens is 1. The van der Waals surface area contributed by atoms with Crippen molar-refractivity contribution in [2.75, 3.05) is 18.5 Å². The summed E-state index contributed by atoms with van der Waals surface area (Å²) in [6, 6.07) is 4.70. The first-order chi connectivity index (χ1) is 7.15. The Morgan fingerprint density at radius 1 is 1.53 bits per heavy atom. The molecule has 1 aromatic rings. The largest absolute Gasteiger partial charge is 0.396 e. The van der Waals surface area contributed by atoms with Crippen molar-refractivity contribution in [3.8, 4) is 0 Å². The van der Waals surface area contributed by atoms with Gasteiger partial charge in [-0.2, -0.15) is 0 Å². The molecule has 0 spiro atoms. The second-order valence-electron chi connectivity index (χ2n) is 2.92. The van der Waals surface area contributed by atoms with Crippen molar-refractivity contribution in [3.05, 3.63) is 32.8 Å². The molecule has 1 aromatic carbocycles. The molecule has 0 aromatic heterocycles. The average molecular weight is 275 g/mol. The summed E-state index contributed by atoms with van der Waals surface area (Å²) in [5.74, 6) is 0. The van der Waals surface area contributed by atoms with Gasteiger partial charge in [-0.3, -0.25) is 10.1 Å². The number of rotatable bonds is 5. The lowest BCUT2D eigenvalue weighted by Gasteiger charge is -2.06. The van der Waals surface area contributed by atoms with E-state index in [1.165, 1.54) is 6.07 Å². The number of aliphatic hydroxyl groups is 1. The molecule has 0 amide bonds. The molecule has 0 heterocycles. The maximum atomic E-state index is 10.7. The second-order valence-corrected chi connectivity index (χ2v) is 3.84. The summed E-state index contributed by atoms with van der Waals surface area (Å²) in [5.41, 5.74) is 0.499. The molecule has 0 radical (unpaired) electrons. The lowest BCUT2D eigenvalue weighted by Crippen LogP contribution is -2.05. The Morgan fingerprint density at radius 3 is 2.87 bits per heavy atom. The van der Waals surface area contributed by atoms with E-state index in [9.17, 15) is 10.1 Å². The smallest absolute Gasteiger partial charge is 0.292 e. The van der Waals surface area contributed by atoms with Crippen LogP contribution in [0, 0.1) is 10.1 Å². The summed E-state index contributed by atoms with van der Waals surface area (Å²) in [5, 5.41) is 22.2. The van der Waals surface area contributed by atoms with E-state index in [1.807, 2.05) is 0 Å². The van der Waals surface area contributed by atoms with Crippen molar-refractivity contribution in [2.45, 2.75) is 6.42 Å². The van der Waals surface area contributed by atoms with E-state index >= 15 is 0 Å². The van der Waals surface area contributed by atoms with E-state index in [4.69, 9.17) is 5.11 Å². The van der Waals surface area contributed by atoms with Crippen molar-refractivity contribution in [1.29, 1.82) is 0 Å². The van der Waals surface area contributed by atoms with E-state index in [0.717, 1.165) is 4.47 Å². The molecule has 0 saturated carbocycles. The number of nitrogens with one attached hydrogen (secondary N) is 1. The van der Waals surface area contributed by atoms with Crippen LogP contribution in [0.1, 0.15) is 6.42 Å². The summed E-state index contributed by atoms with van der Waals surface area (Å²) in [6.07, 6.45) is 0.559. The molecule has 0 aliphatic carbocycles. The molecular formula is C9H11BrN2O3. The van der Waals surface area contributed by atoms with Crippen LogP contribution in [0.2, 0.25) is 0 Å². The van der Waals surface area contributed by atoms with Crippen LogP contribution in [0.15, 0.2) is 22.7 Å². The fraction of sp³-hybridized carbons (Fsp3) is 0.333. The molecule has 0 bridgehead atoms. The lowest BCUT2D eigenvalue weighted by molar-refractivity contribution is -0.384. The average Bonchev–Trinajstić information content (AvgIpc) is 2.18. The standard InChI is InChI=1S/C9H11BrN2O3/c10-7-2-3-9(12(14)15)8(6-7)11-4-1-5-13/h2-3,6,11,13H,1,4-5H2. The minimum absolute atomic E-state index is 0.0381. The maximum Gasteiger partial charge on any atom is 0.292 e. The van der Waals surface area contributed by atoms with Gasteiger partial charge in [-0.1, -0.05) is 15.9 Å². The van der Waals surface area contributed by atoms with Crippen molar-refractivity contribution in [2.24, 2.45) is 0 Å². The Kier molecular flexibility index (Phi) is 4.51. The van der Waals surface area contributed by atoms with Crippen LogP contribution in [0.5, 0.6) is 0 Å². The predicted molar refractivity (Wildman–Crippen MR) is 61.0 cm³/mol. The number of hydrogen-bond donors (Lipinski definition) is 2. The molecular weight excluding hydrogens is 264 g/mol. The van der Waals surface area contributed by atoms with E-state index < -0.39 is 4.92 Å². The van der Waals surface area contributed by atoms with Gasteiger partial charge in [-0.05, 0) is 18.6 Å². The van der Waals surface area contributed by atoms with E-state index in [-0.39, 0.29) is 12.3 Å². The number of anilines is 1. The van der Waals surface area contributed by atoms with Crippen LogP contribution < -0.4 is 5.32 Å². The monoisotopic (exact) mass is 274 g/mol. The highest BCUT2D eigenvalue weighted by molar-refractivity contribution is 9.10. The Hall–Kier alpha value is -1.14. The van der Waals surface area contributed by atoms with E-state index in [0.29, 0.717) is 18.7 Å². The maximum absolute atomic E-state index is 10.7. The number of nitro benzene ring substituents is 1. The van der Waals surface area contributed by atoms with Gasteiger partial charge >= 0.3 is 0 Å². The summed E-state index contributed by atoms with van der Waals surface area (Å²) < 4.78 is 0.777. The minimum Gasteiger partial charge on any atom is -0.396 e. The van der Waals surface area contributed by atoms with Crippen LogP contribution in [0.4, 0.5) is 11.4 Å². The third kappa shape index (κ3) is 3.49. The first kappa shape index (κ1) is 11.9. The third-order valence-electron chi connectivity index (χ3n) is 1.81. The predicted octanol–water partition coefficient (Wildman–Crippen LogP) is 2.15. The zero-order valence-electron chi connectivity index (χ0n) is 7.94. The summed E-state index contributed by atoms with van der Waals surface area (Å²) in [7, 11) is 0. The summed E-state index contributed by atoms with van der Waals surface area (Å²) >= 11 is 3.24. The second kappa shape index (κ2) is 5.67. The Labute approximate surface area is 95.4 Å². The highest BCUT2D eigenvalue weighted by atomic mass is 79.9. The molecule has 0 fully saturated rings. The molecule has 15 heavy (non-hydrogen) atoms. The molecule has 5 nitrogen and oxygen atoms in total. The normalized spacial score (nSPS) is 10.0. The zero-order chi connectivity index (χ0) is 11.3. The third-order valence-corrected chi connectivity index (χ3v) is 2.30. The number of benzene rings is 1. The van der Waals surface area contributed by atoms with Crippen molar-refractivity contribution in [1.82, 2.24) is 0 Å². The Balaban J connectivity index is 2.82. The van der Waals surface area contributed by atoms with Crippen molar-refractivity contribution >= 4 is 27.3 Å². The van der Waals surface area contributed by atoms with Gasteiger partial charge < -0.3 is 10.4 Å². The van der Waals surface area contributed by atoms with Crippen LogP contribution in [-0.4, -0.2) is 23.2 Å². The summed E-state index contributed by atoms with van der Waals surface area (Å²) in [6.45, 7) is 0.572. The first-order valence-corrected chi connectivity index (χ1v) is 5.23. The van der Waals surface area contributed by atoms with E-state index in [1.54, 1.807) is 12.1 Å². The van der Waals surface area contributed by atoms with Gasteiger partial charge in [0.1, 0.15) is 5.69 Å². The van der Waals surface area contributed by atoms with Gasteiger partial charge in [0.15, 0.2) is 0 Å². The van der Waals surface area contributed by atoms with Crippen LogP contribution in [-0.2, 0) is 0 Å². The van der Waals surface area contributed by atoms with Crippen LogP contribution in [0.3, 0.4) is 0 Å². The number of hydrogen-bond acceptors (Lipinski definition) is 4. The minimum atomic E-state index is -0.437. The molecule has 0 saturated heterocycles. The molecule has 6 heteroatoms. The SMILES string of the molecule is O=[N+]([O-])c1ccc(Br)cc1NCCCO. The fourth-order valence-electron chi connectivity index (χ4n) is 1.11. The Bertz CT molecular complexity index is 357. The van der Waals surface area contributed by atoms with Crippen LogP contribution in [0.25, 0.3) is 0 Å². The van der Waals surface area contributed by atoms with Crippen molar-refractivity contribution in [3.63, 3.8) is 0 Å². The zero-order valence-corrected chi connectivity index (χ0v) is 9.53. The molecule has 2 N–H and O–H groups in total. The molecule has 0 unspecified atom stereocenters. The molecule has 0 atom stereocenters. The molecule has 82 valence electrons. The van der Waals surface area contributed by atoms with E-state index in [2.05, 4.69) is 21.2 Å². The van der Waals surface area contributed by atoms with Gasteiger partial charge in [0.05, 0.1) is 4.92 Å². The van der Waals surface area contributed by atoms with Gasteiger partial charge in [0, 0.05) is 23.7 Å². The highest BCUT2D eigenvalue weighted by Gasteiger charge is 2.12. The van der Waals surface area contributed by atoms with Gasteiger partial charge in [-0.25, -0.2) is 0 Å². The molecule has 1 rings (SSSR count). The molecule has 0 aliphatic rings. The lowest BCUT2D eigenvalue weighted by atomic mass is 10.2. The number of nitrogens with zero attached hydrogens (tertiary/aromatic N) is 1. The fourth-order valence-corrected chi connectivity index (χ4v) is 1.47. The van der Waals surface area contributed by atoms with Gasteiger partial charge in [0.25, 0.3) is 5.69 Å². The van der Waals surface area contributed by atoms with Gasteiger partial charge in [-0.15, -0.1) is 0 Å². The van der Waals surface area contributed by atoms with Crippen LogP contribution >= 0.6 is 15.9 Å². The topological polar surface area (TPSA) is 75.4 Å². The Morgan fingerprint density at radius 2 is 2.27 bits per heavy atom. The highest BCUT2D eigenvalue weighted by Crippen LogP contribution is 2.27. The summed E-state index contributed by atoms with van der Waals surface area (Å²) in [4.78, 5) is 10.2.